The van der Waals surface area contributed by atoms with Crippen molar-refractivity contribution in [1.82, 2.24) is 0 Å². The van der Waals surface area contributed by atoms with Crippen LogP contribution in [0.4, 0.5) is 0 Å². The van der Waals surface area contributed by atoms with E-state index in [-0.39, 0.29) is 16.5 Å². The molecule has 154 valence electrons. The van der Waals surface area contributed by atoms with E-state index in [1.165, 1.54) is 0 Å². The third kappa shape index (κ3) is 22.4. The van der Waals surface area contributed by atoms with E-state index in [1.54, 1.807) is 47.0 Å². The predicted octanol–water partition coefficient (Wildman–Crippen LogP) is 6.98. The Morgan fingerprint density at radius 1 is 0.440 bits per heavy atom. The van der Waals surface area contributed by atoms with E-state index in [2.05, 4.69) is 55.4 Å². The molecular formula is C16H28NiS8-4. The van der Waals surface area contributed by atoms with Crippen molar-refractivity contribution in [3.8, 4) is 0 Å². The Hall–Kier alpha value is 2.25. The summed E-state index contributed by atoms with van der Waals surface area (Å²) in [6.07, 6.45) is 0. The van der Waals surface area contributed by atoms with Crippen LogP contribution in [-0.2, 0) is 67.0 Å². The van der Waals surface area contributed by atoms with Crippen molar-refractivity contribution in [3.63, 3.8) is 0 Å². The second-order valence-corrected chi connectivity index (χ2v) is 14.8. The van der Waals surface area contributed by atoms with E-state index in [9.17, 15) is 0 Å². The van der Waals surface area contributed by atoms with Crippen LogP contribution in [0.2, 0.25) is 0 Å². The molecule has 25 heavy (non-hydrogen) atoms. The van der Waals surface area contributed by atoms with Crippen LogP contribution in [0.5, 0.6) is 0 Å². The summed E-state index contributed by atoms with van der Waals surface area (Å²) in [5.74, 6) is 0. The number of hydrogen-bond acceptors (Lipinski definition) is 8. The third-order valence-electron chi connectivity index (χ3n) is 1.70. The van der Waals surface area contributed by atoms with Gasteiger partial charge in [0.2, 0.25) is 0 Å². The maximum absolute atomic E-state index is 5.17. The Morgan fingerprint density at radius 3 is 0.640 bits per heavy atom. The largest absolute Gasteiger partial charge is 0.774 e. The Bertz CT molecular complexity index is 329. The summed E-state index contributed by atoms with van der Waals surface area (Å²) >= 11 is 27.4. The summed E-state index contributed by atoms with van der Waals surface area (Å²) in [6.45, 7) is 17.0. The van der Waals surface area contributed by atoms with Gasteiger partial charge in [-0.15, -0.1) is 0 Å². The van der Waals surface area contributed by atoms with Crippen molar-refractivity contribution >= 4 is 97.6 Å². The number of rotatable bonds is 8. The maximum Gasteiger partial charge on any atom is 0.00166 e. The molecule has 0 heterocycles. The van der Waals surface area contributed by atoms with Gasteiger partial charge in [0.05, 0.1) is 0 Å². The summed E-state index contributed by atoms with van der Waals surface area (Å²) in [5.41, 5.74) is 0. The maximum atomic E-state index is 5.17. The molecule has 0 saturated carbocycles. The van der Waals surface area contributed by atoms with Gasteiger partial charge >= 0.3 is 0 Å². The molecular weight excluding hydrogens is 507 g/mol. The summed E-state index contributed by atoms with van der Waals surface area (Å²) in [6, 6.07) is 0. The van der Waals surface area contributed by atoms with E-state index in [0.717, 1.165) is 16.9 Å². The predicted molar refractivity (Wildman–Crippen MR) is 134 cm³/mol. The fourth-order valence-electron chi connectivity index (χ4n) is 1.05. The van der Waals surface area contributed by atoms with Crippen molar-refractivity contribution in [1.29, 1.82) is 0 Å². The first-order valence-electron chi connectivity index (χ1n) is 7.69. The van der Waals surface area contributed by atoms with Gasteiger partial charge in [0, 0.05) is 37.5 Å². The number of hydrogen-bond donors (Lipinski definition) is 0. The van der Waals surface area contributed by atoms with Gasteiger partial charge in [-0.05, 0) is 0 Å². The van der Waals surface area contributed by atoms with Crippen molar-refractivity contribution in [3.05, 3.63) is 16.9 Å². The van der Waals surface area contributed by atoms with E-state index in [0.29, 0.717) is 21.0 Å². The summed E-state index contributed by atoms with van der Waals surface area (Å²) < 4.78 is 3.50. The van der Waals surface area contributed by atoms with Crippen LogP contribution in [0, 0.1) is 0 Å². The minimum atomic E-state index is 0. The molecule has 0 rings (SSSR count). The van der Waals surface area contributed by atoms with Crippen molar-refractivity contribution in [2.75, 3.05) is 0 Å². The minimum absolute atomic E-state index is 0. The van der Waals surface area contributed by atoms with Gasteiger partial charge in [0.25, 0.3) is 0 Å². The second kappa shape index (κ2) is 18.3. The zero-order valence-corrected chi connectivity index (χ0v) is 23.4. The molecule has 0 aromatic carbocycles. The molecule has 0 aliphatic heterocycles. The number of thioether (sulfide) groups is 4. The van der Waals surface area contributed by atoms with E-state index in [1.807, 2.05) is 0 Å². The van der Waals surface area contributed by atoms with Crippen LogP contribution in [-0.4, -0.2) is 21.0 Å². The fourth-order valence-corrected chi connectivity index (χ4v) is 6.61. The summed E-state index contributed by atoms with van der Waals surface area (Å²) in [4.78, 5) is 0. The van der Waals surface area contributed by atoms with Crippen molar-refractivity contribution < 1.29 is 16.5 Å². The Balaban J connectivity index is -0.000000372. The van der Waals surface area contributed by atoms with Gasteiger partial charge in [-0.3, -0.25) is 0 Å². The quantitative estimate of drug-likeness (QED) is 0.238. The minimum Gasteiger partial charge on any atom is -0.774 e. The molecule has 0 fully saturated rings. The average molecular weight is 536 g/mol. The average Bonchev–Trinajstić information content (AvgIpc) is 2.36. The van der Waals surface area contributed by atoms with Crippen LogP contribution >= 0.6 is 47.0 Å². The Labute approximate surface area is 205 Å². The first-order valence-corrected chi connectivity index (χ1v) is 12.8. The molecule has 0 nitrogen and oxygen atoms in total. The molecule has 0 saturated heterocycles. The normalized spacial score (nSPS) is 13.3. The van der Waals surface area contributed by atoms with Crippen LogP contribution in [0.25, 0.3) is 0 Å². The first-order chi connectivity index (χ1) is 10.9. The van der Waals surface area contributed by atoms with Gasteiger partial charge in [-0.25, -0.2) is 0 Å². The van der Waals surface area contributed by atoms with Crippen molar-refractivity contribution in [2.24, 2.45) is 0 Å². The van der Waals surface area contributed by atoms with Gasteiger partial charge in [0.15, 0.2) is 0 Å². The summed E-state index contributed by atoms with van der Waals surface area (Å²) in [5, 5.41) is 2.12. The zero-order valence-electron chi connectivity index (χ0n) is 15.9. The SMILES string of the molecule is CC(C)SC([S-])=C([S-])SC(C)C.CC(C)SC([S-])=C([S-])SC(C)C.[Ni]. The molecule has 0 N–H and O–H groups in total. The third-order valence-corrected chi connectivity index (χ3v) is 8.27. The Kier molecular flexibility index (Phi) is 23.4. The van der Waals surface area contributed by atoms with Crippen molar-refractivity contribution in [2.45, 2.75) is 76.4 Å². The molecule has 0 aromatic rings. The fraction of sp³-hybridized carbons (Fsp3) is 0.750. The summed E-state index contributed by atoms with van der Waals surface area (Å²) in [7, 11) is 0. The van der Waals surface area contributed by atoms with Crippen LogP contribution in [0.3, 0.4) is 0 Å². The standard InChI is InChI=1S/2C8H16S4.Ni/c2*1-5(2)11-7(9)8(10)12-6(3)4;/h2*5-6,9-10H,1-4H3;/p-4. The van der Waals surface area contributed by atoms with Crippen LogP contribution in [0.1, 0.15) is 55.4 Å². The first kappa shape index (κ1) is 31.9. The molecule has 0 aromatic heterocycles. The molecule has 0 spiro atoms. The second-order valence-electron chi connectivity index (χ2n) is 5.82. The Morgan fingerprint density at radius 2 is 0.560 bits per heavy atom. The zero-order chi connectivity index (χ0) is 19.4. The topological polar surface area (TPSA) is 0 Å². The van der Waals surface area contributed by atoms with Gasteiger partial charge in [-0.1, -0.05) is 55.4 Å². The van der Waals surface area contributed by atoms with E-state index < -0.39 is 0 Å². The molecule has 0 atom stereocenters. The molecule has 0 amide bonds. The van der Waals surface area contributed by atoms with Crippen LogP contribution in [0.15, 0.2) is 16.9 Å². The molecule has 0 aliphatic rings. The van der Waals surface area contributed by atoms with Gasteiger partial charge in [-0.2, -0.15) is 64.0 Å². The van der Waals surface area contributed by atoms with Crippen LogP contribution < -0.4 is 0 Å². The smallest absolute Gasteiger partial charge is 0.00166 e. The van der Waals surface area contributed by atoms with E-state index >= 15 is 0 Å². The molecule has 0 aliphatic carbocycles. The monoisotopic (exact) mass is 534 g/mol. The van der Waals surface area contributed by atoms with Gasteiger partial charge < -0.3 is 50.5 Å². The molecule has 0 unspecified atom stereocenters. The molecule has 9 heteroatoms. The molecule has 0 bridgehead atoms. The molecule has 0 radical (unpaired) electrons. The van der Waals surface area contributed by atoms with Gasteiger partial charge in [0.1, 0.15) is 0 Å². The van der Waals surface area contributed by atoms with E-state index in [4.69, 9.17) is 50.5 Å².